The summed E-state index contributed by atoms with van der Waals surface area (Å²) in [7, 11) is 0. The highest BCUT2D eigenvalue weighted by Crippen LogP contribution is 2.12. The summed E-state index contributed by atoms with van der Waals surface area (Å²) in [6.07, 6.45) is 3.33. The SMILES string of the molecule is CC(C)n1cc(OCC(N)C(N)=O)cn1. The summed E-state index contributed by atoms with van der Waals surface area (Å²) in [6, 6.07) is -0.514. The monoisotopic (exact) mass is 212 g/mol. The third-order valence-corrected chi connectivity index (χ3v) is 1.90. The molecule has 0 aliphatic carbocycles. The van der Waals surface area contributed by atoms with Crippen LogP contribution in [0.3, 0.4) is 0 Å². The predicted octanol–water partition coefficient (Wildman–Crippen LogP) is -0.345. The molecule has 1 amide bonds. The van der Waals surface area contributed by atoms with Gasteiger partial charge in [-0.05, 0) is 13.8 Å². The van der Waals surface area contributed by atoms with Crippen molar-refractivity contribution in [1.29, 1.82) is 0 Å². The minimum Gasteiger partial charge on any atom is -0.488 e. The topological polar surface area (TPSA) is 96.2 Å². The molecule has 4 N–H and O–H groups in total. The van der Waals surface area contributed by atoms with E-state index < -0.39 is 11.9 Å². The molecule has 0 bridgehead atoms. The lowest BCUT2D eigenvalue weighted by Gasteiger charge is -2.07. The quantitative estimate of drug-likeness (QED) is 0.697. The van der Waals surface area contributed by atoms with Gasteiger partial charge in [-0.2, -0.15) is 5.10 Å². The van der Waals surface area contributed by atoms with Gasteiger partial charge in [-0.3, -0.25) is 9.48 Å². The fraction of sp³-hybridized carbons (Fsp3) is 0.556. The largest absolute Gasteiger partial charge is 0.488 e. The number of hydrogen-bond acceptors (Lipinski definition) is 4. The second-order valence-corrected chi connectivity index (χ2v) is 3.57. The van der Waals surface area contributed by atoms with Crippen LogP contribution in [0.2, 0.25) is 0 Å². The zero-order chi connectivity index (χ0) is 11.4. The van der Waals surface area contributed by atoms with Crippen LogP contribution in [0.15, 0.2) is 12.4 Å². The summed E-state index contributed by atoms with van der Waals surface area (Å²) in [5, 5.41) is 4.07. The summed E-state index contributed by atoms with van der Waals surface area (Å²) < 4.78 is 7.01. The van der Waals surface area contributed by atoms with Crippen LogP contribution in [-0.2, 0) is 4.79 Å². The van der Waals surface area contributed by atoms with Crippen LogP contribution >= 0.6 is 0 Å². The van der Waals surface area contributed by atoms with E-state index in [2.05, 4.69) is 5.10 Å². The Hall–Kier alpha value is -1.56. The Bertz CT molecular complexity index is 335. The zero-order valence-electron chi connectivity index (χ0n) is 8.88. The Morgan fingerprint density at radius 3 is 2.80 bits per heavy atom. The Labute approximate surface area is 88.2 Å². The van der Waals surface area contributed by atoms with Gasteiger partial charge >= 0.3 is 0 Å². The van der Waals surface area contributed by atoms with Crippen molar-refractivity contribution in [2.75, 3.05) is 6.61 Å². The van der Waals surface area contributed by atoms with E-state index in [1.54, 1.807) is 17.1 Å². The van der Waals surface area contributed by atoms with Crippen molar-refractivity contribution >= 4 is 5.91 Å². The lowest BCUT2D eigenvalue weighted by atomic mass is 10.3. The molecule has 0 radical (unpaired) electrons. The van der Waals surface area contributed by atoms with E-state index >= 15 is 0 Å². The molecule has 1 atom stereocenters. The van der Waals surface area contributed by atoms with E-state index in [1.807, 2.05) is 13.8 Å². The first-order chi connectivity index (χ1) is 7.00. The van der Waals surface area contributed by atoms with Gasteiger partial charge in [0.15, 0.2) is 5.75 Å². The minimum atomic E-state index is -0.785. The van der Waals surface area contributed by atoms with Crippen molar-refractivity contribution in [3.05, 3.63) is 12.4 Å². The molecule has 0 aromatic carbocycles. The summed E-state index contributed by atoms with van der Waals surface area (Å²) in [6.45, 7) is 4.08. The van der Waals surface area contributed by atoms with Crippen LogP contribution in [0.4, 0.5) is 0 Å². The minimum absolute atomic E-state index is 0.0686. The van der Waals surface area contributed by atoms with E-state index in [4.69, 9.17) is 16.2 Å². The van der Waals surface area contributed by atoms with Crippen LogP contribution in [-0.4, -0.2) is 28.3 Å². The van der Waals surface area contributed by atoms with E-state index in [1.165, 1.54) is 0 Å². The molecule has 1 rings (SSSR count). The van der Waals surface area contributed by atoms with Crippen molar-refractivity contribution < 1.29 is 9.53 Å². The van der Waals surface area contributed by atoms with Crippen LogP contribution in [0.25, 0.3) is 0 Å². The first-order valence-corrected chi connectivity index (χ1v) is 4.72. The van der Waals surface area contributed by atoms with Crippen molar-refractivity contribution in [3.63, 3.8) is 0 Å². The first-order valence-electron chi connectivity index (χ1n) is 4.72. The highest BCUT2D eigenvalue weighted by atomic mass is 16.5. The zero-order valence-corrected chi connectivity index (χ0v) is 8.88. The molecule has 0 saturated heterocycles. The maximum atomic E-state index is 10.6. The average Bonchev–Trinajstić information content (AvgIpc) is 2.62. The molecule has 1 aromatic rings. The Morgan fingerprint density at radius 2 is 2.33 bits per heavy atom. The highest BCUT2D eigenvalue weighted by molar-refractivity contribution is 5.79. The third-order valence-electron chi connectivity index (χ3n) is 1.90. The predicted molar refractivity (Wildman–Crippen MR) is 55.3 cm³/mol. The number of rotatable bonds is 5. The number of ether oxygens (including phenoxy) is 1. The maximum absolute atomic E-state index is 10.6. The van der Waals surface area contributed by atoms with Gasteiger partial charge < -0.3 is 16.2 Å². The summed E-state index contributed by atoms with van der Waals surface area (Å²) in [5.41, 5.74) is 10.4. The van der Waals surface area contributed by atoms with E-state index in [0.29, 0.717) is 5.75 Å². The lowest BCUT2D eigenvalue weighted by Crippen LogP contribution is -2.41. The number of nitrogens with two attached hydrogens (primary N) is 2. The summed E-state index contributed by atoms with van der Waals surface area (Å²) >= 11 is 0. The number of aromatic nitrogens is 2. The second kappa shape index (κ2) is 4.79. The van der Waals surface area contributed by atoms with Crippen molar-refractivity contribution in [1.82, 2.24) is 9.78 Å². The molecule has 84 valence electrons. The molecular formula is C9H16N4O2. The van der Waals surface area contributed by atoms with E-state index in [-0.39, 0.29) is 12.6 Å². The van der Waals surface area contributed by atoms with Crippen LogP contribution in [0, 0.1) is 0 Å². The molecule has 0 fully saturated rings. The van der Waals surface area contributed by atoms with Crippen molar-refractivity contribution in [2.24, 2.45) is 11.5 Å². The van der Waals surface area contributed by atoms with Crippen molar-refractivity contribution in [2.45, 2.75) is 25.9 Å². The van der Waals surface area contributed by atoms with Gasteiger partial charge in [-0.25, -0.2) is 0 Å². The third kappa shape index (κ3) is 3.25. The maximum Gasteiger partial charge on any atom is 0.237 e. The molecule has 0 aliphatic heterocycles. The highest BCUT2D eigenvalue weighted by Gasteiger charge is 2.10. The van der Waals surface area contributed by atoms with E-state index in [9.17, 15) is 4.79 Å². The van der Waals surface area contributed by atoms with Gasteiger partial charge in [-0.1, -0.05) is 0 Å². The Morgan fingerprint density at radius 1 is 1.67 bits per heavy atom. The molecule has 6 heteroatoms. The summed E-state index contributed by atoms with van der Waals surface area (Å²) in [5.74, 6) is 0.00616. The van der Waals surface area contributed by atoms with Gasteiger partial charge in [-0.15, -0.1) is 0 Å². The number of nitrogens with zero attached hydrogens (tertiary/aromatic N) is 2. The number of carbonyl (C=O) groups excluding carboxylic acids is 1. The van der Waals surface area contributed by atoms with Gasteiger partial charge in [0.25, 0.3) is 0 Å². The molecule has 0 saturated carbocycles. The fourth-order valence-corrected chi connectivity index (χ4v) is 0.946. The average molecular weight is 212 g/mol. The molecule has 15 heavy (non-hydrogen) atoms. The molecule has 1 unspecified atom stereocenters. The molecule has 0 spiro atoms. The Kier molecular flexibility index (Phi) is 3.68. The molecule has 6 nitrogen and oxygen atoms in total. The summed E-state index contributed by atoms with van der Waals surface area (Å²) in [4.78, 5) is 10.6. The normalized spacial score (nSPS) is 12.8. The van der Waals surface area contributed by atoms with Gasteiger partial charge in [0.1, 0.15) is 12.6 Å². The lowest BCUT2D eigenvalue weighted by molar-refractivity contribution is -0.119. The molecular weight excluding hydrogens is 196 g/mol. The Balaban J connectivity index is 2.47. The molecule has 1 heterocycles. The van der Waals surface area contributed by atoms with Gasteiger partial charge in [0.05, 0.1) is 12.4 Å². The smallest absolute Gasteiger partial charge is 0.237 e. The standard InChI is InChI=1S/C9H16N4O2/c1-6(2)13-4-7(3-12-13)15-5-8(10)9(11)14/h3-4,6,8H,5,10H2,1-2H3,(H2,11,14). The first kappa shape index (κ1) is 11.5. The van der Waals surface area contributed by atoms with Crippen LogP contribution < -0.4 is 16.2 Å². The number of carbonyl (C=O) groups is 1. The van der Waals surface area contributed by atoms with Gasteiger partial charge in [0, 0.05) is 6.04 Å². The van der Waals surface area contributed by atoms with E-state index in [0.717, 1.165) is 0 Å². The molecule has 1 aromatic heterocycles. The van der Waals surface area contributed by atoms with Crippen LogP contribution in [0.1, 0.15) is 19.9 Å². The fourth-order valence-electron chi connectivity index (χ4n) is 0.946. The van der Waals surface area contributed by atoms with Crippen LogP contribution in [0.5, 0.6) is 5.75 Å². The number of hydrogen-bond donors (Lipinski definition) is 2. The van der Waals surface area contributed by atoms with Crippen molar-refractivity contribution in [3.8, 4) is 5.75 Å². The number of amides is 1. The number of primary amides is 1. The second-order valence-electron chi connectivity index (χ2n) is 3.57. The van der Waals surface area contributed by atoms with Gasteiger partial charge in [0.2, 0.25) is 5.91 Å². The molecule has 0 aliphatic rings.